The number of carboxylic acid groups (broad SMARTS) is 1. The van der Waals surface area contributed by atoms with Crippen LogP contribution in [0.1, 0.15) is 27.6 Å². The van der Waals surface area contributed by atoms with Gasteiger partial charge in [0.05, 0.1) is 5.56 Å². The number of benzene rings is 1. The topological polar surface area (TPSA) is 67.3 Å². The second kappa shape index (κ2) is 5.20. The van der Waals surface area contributed by atoms with Crippen molar-refractivity contribution in [3.05, 3.63) is 52.8 Å². The molecule has 0 aliphatic carbocycles. The van der Waals surface area contributed by atoms with E-state index in [1.807, 2.05) is 0 Å². The van der Waals surface area contributed by atoms with Crippen LogP contribution in [-0.4, -0.2) is 21.8 Å². The standard InChI is InChI=1S/C14H10ClNO3/c1-8(17)9-2-4-10(5-3-9)12-7-16-13(15)6-11(12)14(18)19/h2-7H,1H3,(H,18,19). The predicted octanol–water partition coefficient (Wildman–Crippen LogP) is 3.30. The molecular weight excluding hydrogens is 266 g/mol. The monoisotopic (exact) mass is 275 g/mol. The Labute approximate surface area is 114 Å². The van der Waals surface area contributed by atoms with E-state index in [4.69, 9.17) is 16.7 Å². The fraction of sp³-hybridized carbons (Fsp3) is 0.0714. The minimum absolute atomic E-state index is 0.0424. The maximum Gasteiger partial charge on any atom is 0.336 e. The van der Waals surface area contributed by atoms with Gasteiger partial charge in [0, 0.05) is 17.3 Å². The van der Waals surface area contributed by atoms with E-state index in [0.29, 0.717) is 16.7 Å². The van der Waals surface area contributed by atoms with Gasteiger partial charge in [-0.1, -0.05) is 35.9 Å². The first-order valence-electron chi connectivity index (χ1n) is 5.49. The third-order valence-electron chi connectivity index (χ3n) is 2.70. The number of Topliss-reactive ketones (excluding diaryl/α,β-unsaturated/α-hetero) is 1. The molecule has 1 N–H and O–H groups in total. The molecule has 0 bridgehead atoms. The van der Waals surface area contributed by atoms with Crippen molar-refractivity contribution in [1.29, 1.82) is 0 Å². The Balaban J connectivity index is 2.52. The van der Waals surface area contributed by atoms with Crippen molar-refractivity contribution < 1.29 is 14.7 Å². The average molecular weight is 276 g/mol. The van der Waals surface area contributed by atoms with Gasteiger partial charge in [0.15, 0.2) is 5.78 Å². The molecule has 0 unspecified atom stereocenters. The summed E-state index contributed by atoms with van der Waals surface area (Å²) in [6.45, 7) is 1.47. The number of nitrogens with zero attached hydrogens (tertiary/aromatic N) is 1. The van der Waals surface area contributed by atoms with Gasteiger partial charge in [0.1, 0.15) is 5.15 Å². The molecule has 0 radical (unpaired) electrons. The van der Waals surface area contributed by atoms with E-state index in [1.165, 1.54) is 19.2 Å². The van der Waals surface area contributed by atoms with E-state index in [0.717, 1.165) is 0 Å². The zero-order chi connectivity index (χ0) is 14.0. The van der Waals surface area contributed by atoms with Crippen molar-refractivity contribution in [1.82, 2.24) is 4.98 Å². The molecule has 0 atom stereocenters. The number of aromatic nitrogens is 1. The number of aromatic carboxylic acids is 1. The number of hydrogen-bond donors (Lipinski definition) is 1. The second-order valence-corrected chi connectivity index (χ2v) is 4.38. The predicted molar refractivity (Wildman–Crippen MR) is 71.6 cm³/mol. The van der Waals surface area contributed by atoms with E-state index < -0.39 is 5.97 Å². The molecule has 96 valence electrons. The third kappa shape index (κ3) is 2.80. The molecular formula is C14H10ClNO3. The van der Waals surface area contributed by atoms with E-state index in [2.05, 4.69) is 4.98 Å². The molecule has 0 amide bonds. The van der Waals surface area contributed by atoms with Crippen LogP contribution in [0.2, 0.25) is 5.15 Å². The molecule has 0 aliphatic rings. The molecule has 1 aromatic carbocycles. The van der Waals surface area contributed by atoms with E-state index in [1.54, 1.807) is 24.3 Å². The summed E-state index contributed by atoms with van der Waals surface area (Å²) in [7, 11) is 0. The number of carboxylic acids is 1. The van der Waals surface area contributed by atoms with E-state index in [-0.39, 0.29) is 16.5 Å². The molecule has 0 aliphatic heterocycles. The summed E-state index contributed by atoms with van der Waals surface area (Å²) in [5.74, 6) is -1.12. The Morgan fingerprint density at radius 3 is 2.37 bits per heavy atom. The highest BCUT2D eigenvalue weighted by Gasteiger charge is 2.13. The highest BCUT2D eigenvalue weighted by Crippen LogP contribution is 2.25. The molecule has 0 saturated carbocycles. The summed E-state index contributed by atoms with van der Waals surface area (Å²) in [5.41, 5.74) is 1.79. The summed E-state index contributed by atoms with van der Waals surface area (Å²) in [4.78, 5) is 26.3. The van der Waals surface area contributed by atoms with Crippen molar-refractivity contribution in [3.63, 3.8) is 0 Å². The van der Waals surface area contributed by atoms with Gasteiger partial charge in [0.25, 0.3) is 0 Å². The fourth-order valence-electron chi connectivity index (χ4n) is 1.72. The van der Waals surface area contributed by atoms with Gasteiger partial charge in [-0.05, 0) is 18.6 Å². The first-order valence-corrected chi connectivity index (χ1v) is 5.87. The molecule has 5 heteroatoms. The van der Waals surface area contributed by atoms with Gasteiger partial charge in [-0.15, -0.1) is 0 Å². The van der Waals surface area contributed by atoms with Crippen LogP contribution >= 0.6 is 11.6 Å². The highest BCUT2D eigenvalue weighted by molar-refractivity contribution is 6.29. The van der Waals surface area contributed by atoms with E-state index >= 15 is 0 Å². The Hall–Kier alpha value is -2.20. The molecule has 19 heavy (non-hydrogen) atoms. The Morgan fingerprint density at radius 2 is 1.84 bits per heavy atom. The van der Waals surface area contributed by atoms with Crippen molar-refractivity contribution in [2.75, 3.05) is 0 Å². The second-order valence-electron chi connectivity index (χ2n) is 3.99. The molecule has 2 rings (SSSR count). The molecule has 1 heterocycles. The molecule has 0 spiro atoms. The van der Waals surface area contributed by atoms with Gasteiger partial charge < -0.3 is 5.11 Å². The van der Waals surface area contributed by atoms with E-state index in [9.17, 15) is 9.59 Å². The van der Waals surface area contributed by atoms with Crippen LogP contribution in [0.4, 0.5) is 0 Å². The lowest BCUT2D eigenvalue weighted by Crippen LogP contribution is -2.01. The Morgan fingerprint density at radius 1 is 1.21 bits per heavy atom. The normalized spacial score (nSPS) is 10.2. The van der Waals surface area contributed by atoms with Crippen LogP contribution in [-0.2, 0) is 0 Å². The highest BCUT2D eigenvalue weighted by atomic mass is 35.5. The minimum atomic E-state index is -1.07. The first kappa shape index (κ1) is 13.2. The molecule has 1 aromatic heterocycles. The zero-order valence-corrected chi connectivity index (χ0v) is 10.8. The molecule has 0 fully saturated rings. The van der Waals surface area contributed by atoms with Gasteiger partial charge in [-0.25, -0.2) is 9.78 Å². The third-order valence-corrected chi connectivity index (χ3v) is 2.91. The zero-order valence-electron chi connectivity index (χ0n) is 10.1. The fourth-order valence-corrected chi connectivity index (χ4v) is 1.88. The number of rotatable bonds is 3. The molecule has 4 nitrogen and oxygen atoms in total. The number of hydrogen-bond acceptors (Lipinski definition) is 3. The van der Waals surface area contributed by atoms with Gasteiger partial charge in [-0.3, -0.25) is 4.79 Å². The largest absolute Gasteiger partial charge is 0.478 e. The average Bonchev–Trinajstić information content (AvgIpc) is 2.38. The maximum atomic E-state index is 11.2. The number of ketones is 1. The van der Waals surface area contributed by atoms with Crippen LogP contribution in [0.3, 0.4) is 0 Å². The van der Waals surface area contributed by atoms with Crippen molar-refractivity contribution in [2.24, 2.45) is 0 Å². The maximum absolute atomic E-state index is 11.2. The summed E-state index contributed by atoms with van der Waals surface area (Å²) < 4.78 is 0. The van der Waals surface area contributed by atoms with Gasteiger partial charge in [0.2, 0.25) is 0 Å². The van der Waals surface area contributed by atoms with Crippen LogP contribution in [0, 0.1) is 0 Å². The summed E-state index contributed by atoms with van der Waals surface area (Å²) in [6.07, 6.45) is 1.41. The SMILES string of the molecule is CC(=O)c1ccc(-c2cnc(Cl)cc2C(=O)O)cc1. The lowest BCUT2D eigenvalue weighted by atomic mass is 10.00. The Bertz CT molecular complexity index is 650. The van der Waals surface area contributed by atoms with Crippen LogP contribution in [0.5, 0.6) is 0 Å². The van der Waals surface area contributed by atoms with Crippen LogP contribution in [0.25, 0.3) is 11.1 Å². The quantitative estimate of drug-likeness (QED) is 0.689. The van der Waals surface area contributed by atoms with Crippen LogP contribution in [0.15, 0.2) is 36.5 Å². The lowest BCUT2D eigenvalue weighted by Gasteiger charge is -2.06. The summed E-state index contributed by atoms with van der Waals surface area (Å²) >= 11 is 5.70. The van der Waals surface area contributed by atoms with Gasteiger partial charge in [-0.2, -0.15) is 0 Å². The van der Waals surface area contributed by atoms with Gasteiger partial charge >= 0.3 is 5.97 Å². The van der Waals surface area contributed by atoms with Crippen molar-refractivity contribution in [3.8, 4) is 11.1 Å². The number of pyridine rings is 1. The molecule has 2 aromatic rings. The smallest absolute Gasteiger partial charge is 0.336 e. The summed E-state index contributed by atoms with van der Waals surface area (Å²) in [6, 6.07) is 7.98. The minimum Gasteiger partial charge on any atom is -0.478 e. The van der Waals surface area contributed by atoms with Crippen molar-refractivity contribution in [2.45, 2.75) is 6.92 Å². The lowest BCUT2D eigenvalue weighted by molar-refractivity contribution is 0.0697. The molecule has 0 saturated heterocycles. The van der Waals surface area contributed by atoms with Crippen molar-refractivity contribution >= 4 is 23.4 Å². The Kier molecular flexibility index (Phi) is 3.62. The number of carbonyl (C=O) groups excluding carboxylic acids is 1. The first-order chi connectivity index (χ1) is 8.99. The van der Waals surface area contributed by atoms with Crippen LogP contribution < -0.4 is 0 Å². The number of carbonyl (C=O) groups is 2. The number of halogens is 1. The summed E-state index contributed by atoms with van der Waals surface area (Å²) in [5, 5.41) is 9.28.